The van der Waals surface area contributed by atoms with Crippen LogP contribution in [0.15, 0.2) is 60.7 Å². The molecule has 2 N–H and O–H groups in total. The van der Waals surface area contributed by atoms with E-state index >= 15 is 0 Å². The molecule has 0 aliphatic rings. The number of methoxy groups -OCH3 is 1. The van der Waals surface area contributed by atoms with Crippen molar-refractivity contribution in [3.8, 4) is 17.0 Å². The maximum absolute atomic E-state index is 12.4. The Kier molecular flexibility index (Phi) is 4.59. The van der Waals surface area contributed by atoms with Gasteiger partial charge in [-0.1, -0.05) is 24.3 Å². The van der Waals surface area contributed by atoms with Crippen molar-refractivity contribution in [1.29, 1.82) is 0 Å². The van der Waals surface area contributed by atoms with Crippen molar-refractivity contribution in [2.75, 3.05) is 17.7 Å². The molecule has 8 nitrogen and oxygen atoms in total. The molecule has 2 amide bonds. The van der Waals surface area contributed by atoms with Crippen molar-refractivity contribution in [3.05, 3.63) is 66.5 Å². The molecule has 0 saturated heterocycles. The quantitative estimate of drug-likeness (QED) is 0.567. The highest BCUT2D eigenvalue weighted by Crippen LogP contribution is 2.24. The number of carbonyl (C=O) groups is 1. The van der Waals surface area contributed by atoms with Crippen molar-refractivity contribution in [1.82, 2.24) is 19.8 Å². The molecule has 28 heavy (non-hydrogen) atoms. The third kappa shape index (κ3) is 3.48. The average molecular weight is 374 g/mol. The third-order valence-corrected chi connectivity index (χ3v) is 4.19. The fraction of sp³-hybridized carbons (Fsp3) is 0.100. The first kappa shape index (κ1) is 17.5. The van der Waals surface area contributed by atoms with E-state index in [0.29, 0.717) is 28.6 Å². The van der Waals surface area contributed by atoms with Gasteiger partial charge in [-0.25, -0.2) is 4.79 Å². The second-order valence-electron chi connectivity index (χ2n) is 6.10. The van der Waals surface area contributed by atoms with Crippen LogP contribution in [0.25, 0.3) is 16.9 Å². The molecule has 0 spiro atoms. The normalized spacial score (nSPS) is 10.6. The van der Waals surface area contributed by atoms with E-state index in [0.717, 1.165) is 11.3 Å². The van der Waals surface area contributed by atoms with Gasteiger partial charge < -0.3 is 15.4 Å². The van der Waals surface area contributed by atoms with Gasteiger partial charge in [0.15, 0.2) is 11.5 Å². The lowest BCUT2D eigenvalue weighted by molar-refractivity contribution is 0.262. The highest BCUT2D eigenvalue weighted by molar-refractivity contribution is 6.01. The number of aryl methyl sites for hydroxylation is 1. The number of amides is 2. The van der Waals surface area contributed by atoms with E-state index < -0.39 is 0 Å². The van der Waals surface area contributed by atoms with Crippen LogP contribution in [0.3, 0.4) is 0 Å². The smallest absolute Gasteiger partial charge is 0.323 e. The first-order valence-corrected chi connectivity index (χ1v) is 8.64. The molecule has 0 radical (unpaired) electrons. The number of urea groups is 1. The molecule has 2 aromatic carbocycles. The molecule has 4 aromatic rings. The molecular formula is C20H18N6O2. The van der Waals surface area contributed by atoms with Gasteiger partial charge in [0.2, 0.25) is 0 Å². The molecular weight excluding hydrogens is 356 g/mol. The predicted molar refractivity (Wildman–Crippen MR) is 107 cm³/mol. The van der Waals surface area contributed by atoms with Gasteiger partial charge in [-0.05, 0) is 43.3 Å². The maximum atomic E-state index is 12.4. The van der Waals surface area contributed by atoms with Crippen molar-refractivity contribution < 1.29 is 9.53 Å². The molecule has 0 unspecified atom stereocenters. The summed E-state index contributed by atoms with van der Waals surface area (Å²) in [6.07, 6.45) is 0. The van der Waals surface area contributed by atoms with Gasteiger partial charge in [-0.2, -0.15) is 9.61 Å². The third-order valence-electron chi connectivity index (χ3n) is 4.19. The molecule has 0 bridgehead atoms. The van der Waals surface area contributed by atoms with Crippen molar-refractivity contribution >= 4 is 23.1 Å². The van der Waals surface area contributed by atoms with E-state index in [-0.39, 0.29) is 6.03 Å². The SMILES string of the molecule is COc1ccccc1NC(=O)Nc1cccc(-c2ccc3nnc(C)n3n2)c1. The van der Waals surface area contributed by atoms with Crippen molar-refractivity contribution in [2.24, 2.45) is 0 Å². The van der Waals surface area contributed by atoms with Crippen LogP contribution in [0, 0.1) is 6.92 Å². The summed E-state index contributed by atoms with van der Waals surface area (Å²) in [5.74, 6) is 1.30. The number of carbonyl (C=O) groups excluding carboxylic acids is 1. The summed E-state index contributed by atoms with van der Waals surface area (Å²) >= 11 is 0. The molecule has 140 valence electrons. The Balaban J connectivity index is 1.54. The van der Waals surface area contributed by atoms with Gasteiger partial charge in [-0.3, -0.25) is 0 Å². The van der Waals surface area contributed by atoms with E-state index in [4.69, 9.17) is 4.74 Å². The number of anilines is 2. The Hall–Kier alpha value is -3.94. The van der Waals surface area contributed by atoms with Crippen LogP contribution < -0.4 is 15.4 Å². The van der Waals surface area contributed by atoms with Gasteiger partial charge in [0, 0.05) is 11.3 Å². The first-order chi connectivity index (χ1) is 13.6. The minimum atomic E-state index is -0.361. The Morgan fingerprint density at radius 2 is 1.86 bits per heavy atom. The summed E-state index contributed by atoms with van der Waals surface area (Å²) in [6.45, 7) is 1.84. The van der Waals surface area contributed by atoms with Gasteiger partial charge in [0.1, 0.15) is 5.75 Å². The Morgan fingerprint density at radius 1 is 1.00 bits per heavy atom. The van der Waals surface area contributed by atoms with Crippen molar-refractivity contribution in [2.45, 2.75) is 6.92 Å². The second kappa shape index (κ2) is 7.36. The number of para-hydroxylation sites is 2. The monoisotopic (exact) mass is 374 g/mol. The first-order valence-electron chi connectivity index (χ1n) is 8.64. The molecule has 2 aromatic heterocycles. The van der Waals surface area contributed by atoms with Crippen LogP contribution in [0.4, 0.5) is 16.2 Å². The van der Waals surface area contributed by atoms with Gasteiger partial charge >= 0.3 is 6.03 Å². The zero-order valence-corrected chi connectivity index (χ0v) is 15.4. The Bertz CT molecular complexity index is 1150. The number of aromatic nitrogens is 4. The summed E-state index contributed by atoms with van der Waals surface area (Å²) in [6, 6.07) is 18.0. The summed E-state index contributed by atoms with van der Waals surface area (Å²) in [5.41, 5.74) is 3.54. The number of nitrogens with zero attached hydrogens (tertiary/aromatic N) is 4. The number of ether oxygens (including phenoxy) is 1. The molecule has 8 heteroatoms. The molecule has 2 heterocycles. The summed E-state index contributed by atoms with van der Waals surface area (Å²) < 4.78 is 6.93. The summed E-state index contributed by atoms with van der Waals surface area (Å²) in [7, 11) is 1.56. The fourth-order valence-electron chi connectivity index (χ4n) is 2.84. The number of hydrogen-bond donors (Lipinski definition) is 2. The molecule has 0 atom stereocenters. The predicted octanol–water partition coefficient (Wildman–Crippen LogP) is 3.75. The van der Waals surface area contributed by atoms with Crippen molar-refractivity contribution in [3.63, 3.8) is 0 Å². The Morgan fingerprint density at radius 3 is 2.71 bits per heavy atom. The molecule has 0 saturated carbocycles. The molecule has 4 rings (SSSR count). The van der Waals surface area contributed by atoms with E-state index in [2.05, 4.69) is 25.9 Å². The number of nitrogens with one attached hydrogen (secondary N) is 2. The van der Waals surface area contributed by atoms with Gasteiger partial charge in [0.25, 0.3) is 0 Å². The number of rotatable bonds is 4. The van der Waals surface area contributed by atoms with Crippen LogP contribution in [-0.4, -0.2) is 33.0 Å². The summed E-state index contributed by atoms with van der Waals surface area (Å²) in [4.78, 5) is 12.4. The lowest BCUT2D eigenvalue weighted by Crippen LogP contribution is -2.19. The fourth-order valence-corrected chi connectivity index (χ4v) is 2.84. The van der Waals surface area contributed by atoms with Gasteiger partial charge in [-0.15, -0.1) is 10.2 Å². The standard InChI is InChI=1S/C20H18N6O2/c1-13-23-24-19-11-10-16(25-26(13)19)14-6-5-7-15(12-14)21-20(27)22-17-8-3-4-9-18(17)28-2/h3-12H,1-2H3,(H2,21,22,27). The lowest BCUT2D eigenvalue weighted by atomic mass is 10.1. The minimum absolute atomic E-state index is 0.361. The van der Waals surface area contributed by atoms with Crippen LogP contribution in [0.1, 0.15) is 5.82 Å². The maximum Gasteiger partial charge on any atom is 0.323 e. The highest BCUT2D eigenvalue weighted by Gasteiger charge is 2.09. The van der Waals surface area contributed by atoms with E-state index in [1.165, 1.54) is 0 Å². The number of benzene rings is 2. The van der Waals surface area contributed by atoms with Gasteiger partial charge in [0.05, 0.1) is 18.5 Å². The number of hydrogen-bond acceptors (Lipinski definition) is 5. The number of fused-ring (bicyclic) bond motifs is 1. The largest absolute Gasteiger partial charge is 0.495 e. The summed E-state index contributed by atoms with van der Waals surface area (Å²) in [5, 5.41) is 18.2. The molecule has 0 aliphatic heterocycles. The van der Waals surface area contributed by atoms with Crippen LogP contribution in [-0.2, 0) is 0 Å². The second-order valence-corrected chi connectivity index (χ2v) is 6.10. The zero-order valence-electron chi connectivity index (χ0n) is 15.4. The zero-order chi connectivity index (χ0) is 19.5. The molecule has 0 aliphatic carbocycles. The van der Waals surface area contributed by atoms with Crippen LogP contribution in [0.2, 0.25) is 0 Å². The minimum Gasteiger partial charge on any atom is -0.495 e. The van der Waals surface area contributed by atoms with Crippen LogP contribution in [0.5, 0.6) is 5.75 Å². The highest BCUT2D eigenvalue weighted by atomic mass is 16.5. The molecule has 0 fully saturated rings. The van der Waals surface area contributed by atoms with E-state index in [9.17, 15) is 4.79 Å². The van der Waals surface area contributed by atoms with E-state index in [1.807, 2.05) is 55.5 Å². The lowest BCUT2D eigenvalue weighted by Gasteiger charge is -2.11. The Labute approximate surface area is 161 Å². The average Bonchev–Trinajstić information content (AvgIpc) is 3.09. The topological polar surface area (TPSA) is 93.4 Å². The van der Waals surface area contributed by atoms with E-state index in [1.54, 1.807) is 23.8 Å². The van der Waals surface area contributed by atoms with Crippen LogP contribution >= 0.6 is 0 Å².